The Kier molecular flexibility index (Phi) is 6.17. The molecule has 1 N–H and O–H groups in total. The number of carboxylic acids is 1. The van der Waals surface area contributed by atoms with E-state index in [4.69, 9.17) is 9.84 Å². The third-order valence-electron chi connectivity index (χ3n) is 4.98. The molecule has 0 saturated heterocycles. The van der Waals surface area contributed by atoms with Crippen molar-refractivity contribution in [3.63, 3.8) is 0 Å². The molecule has 0 amide bonds. The van der Waals surface area contributed by atoms with E-state index in [1.165, 1.54) is 10.6 Å². The average Bonchev–Trinajstić information content (AvgIpc) is 3.34. The van der Waals surface area contributed by atoms with Crippen LogP contribution in [-0.4, -0.2) is 36.8 Å². The first-order chi connectivity index (χ1) is 16.4. The number of carbonyl (C=O) groups is 1. The maximum atomic E-state index is 13.1. The highest BCUT2D eigenvalue weighted by Gasteiger charge is 2.32. The predicted octanol–water partition coefficient (Wildman–Crippen LogP) is 5.01. The lowest BCUT2D eigenvalue weighted by molar-refractivity contribution is -0.138. The highest BCUT2D eigenvalue weighted by Crippen LogP contribution is 2.30. The van der Waals surface area contributed by atoms with Gasteiger partial charge < -0.3 is 14.4 Å². The molecule has 0 bridgehead atoms. The first-order valence-electron chi connectivity index (χ1n) is 10.0. The van der Waals surface area contributed by atoms with Crippen molar-refractivity contribution in [2.75, 3.05) is 0 Å². The largest absolute Gasteiger partial charge is 0.487 e. The molecule has 0 radical (unpaired) electrons. The zero-order valence-electron chi connectivity index (χ0n) is 17.6. The van der Waals surface area contributed by atoms with Crippen LogP contribution in [0.5, 0.6) is 5.75 Å². The van der Waals surface area contributed by atoms with Gasteiger partial charge in [0.15, 0.2) is 0 Å². The van der Waals surface area contributed by atoms with Crippen LogP contribution in [0.4, 0.5) is 26.3 Å². The maximum Gasteiger partial charge on any atom is 0.416 e. The van der Waals surface area contributed by atoms with E-state index < -0.39 is 36.0 Å². The summed E-state index contributed by atoms with van der Waals surface area (Å²) in [5.41, 5.74) is -0.795. The van der Waals surface area contributed by atoms with Crippen LogP contribution >= 0.6 is 0 Å². The van der Waals surface area contributed by atoms with Gasteiger partial charge in [-0.15, -0.1) is 5.10 Å². The lowest BCUT2D eigenvalue weighted by atomic mass is 10.2. The molecule has 0 aliphatic carbocycles. The van der Waals surface area contributed by atoms with Crippen LogP contribution in [0.1, 0.15) is 17.0 Å². The number of halogens is 6. The fourth-order valence-corrected chi connectivity index (χ4v) is 3.41. The van der Waals surface area contributed by atoms with E-state index in [-0.39, 0.29) is 24.5 Å². The van der Waals surface area contributed by atoms with Crippen LogP contribution in [0.25, 0.3) is 16.6 Å². The number of aromatic nitrogens is 4. The summed E-state index contributed by atoms with van der Waals surface area (Å²) in [6.45, 7) is -0.620. The zero-order valence-corrected chi connectivity index (χ0v) is 17.6. The minimum absolute atomic E-state index is 0.0499. The molecule has 0 fully saturated rings. The second-order valence-electron chi connectivity index (χ2n) is 7.57. The maximum absolute atomic E-state index is 13.1. The van der Waals surface area contributed by atoms with E-state index in [1.54, 1.807) is 24.4 Å². The highest BCUT2D eigenvalue weighted by atomic mass is 19.4. The Bertz CT molecular complexity index is 1360. The van der Waals surface area contributed by atoms with E-state index in [1.807, 2.05) is 0 Å². The fourth-order valence-electron chi connectivity index (χ4n) is 3.41. The Morgan fingerprint density at radius 2 is 1.63 bits per heavy atom. The number of hydrogen-bond donors (Lipinski definition) is 1. The van der Waals surface area contributed by atoms with Crippen LogP contribution in [0.15, 0.2) is 54.7 Å². The normalized spacial score (nSPS) is 12.3. The Morgan fingerprint density at radius 3 is 2.26 bits per heavy atom. The fraction of sp³-hybridized carbons (Fsp3) is 0.227. The second-order valence-corrected chi connectivity index (χ2v) is 7.57. The van der Waals surface area contributed by atoms with Crippen LogP contribution in [0.3, 0.4) is 0 Å². The van der Waals surface area contributed by atoms with E-state index in [0.29, 0.717) is 16.7 Å². The Balaban J connectivity index is 1.57. The summed E-state index contributed by atoms with van der Waals surface area (Å²) in [6.07, 6.45) is -8.98. The van der Waals surface area contributed by atoms with Crippen molar-refractivity contribution in [2.45, 2.75) is 31.9 Å². The van der Waals surface area contributed by atoms with Gasteiger partial charge in [-0.3, -0.25) is 4.79 Å². The van der Waals surface area contributed by atoms with Gasteiger partial charge in [-0.1, -0.05) is 0 Å². The van der Waals surface area contributed by atoms with Gasteiger partial charge in [0.1, 0.15) is 24.6 Å². The molecule has 4 rings (SSSR count). The minimum Gasteiger partial charge on any atom is -0.487 e. The molecule has 0 atom stereocenters. The molecule has 7 nitrogen and oxygen atoms in total. The summed E-state index contributed by atoms with van der Waals surface area (Å²) >= 11 is 0. The molecule has 0 aliphatic rings. The van der Waals surface area contributed by atoms with Gasteiger partial charge in [0.05, 0.1) is 23.4 Å². The first-order valence-corrected chi connectivity index (χ1v) is 10.0. The number of fused-ring (bicyclic) bond motifs is 1. The van der Waals surface area contributed by atoms with Crippen LogP contribution < -0.4 is 4.74 Å². The zero-order chi connectivity index (χ0) is 25.4. The summed E-state index contributed by atoms with van der Waals surface area (Å²) in [4.78, 5) is 11.8. The van der Waals surface area contributed by atoms with E-state index in [9.17, 15) is 31.1 Å². The Labute approximate surface area is 193 Å². The van der Waals surface area contributed by atoms with E-state index in [2.05, 4.69) is 10.2 Å². The quantitative estimate of drug-likeness (QED) is 0.363. The number of benzene rings is 2. The molecule has 184 valence electrons. The molecule has 2 aromatic carbocycles. The predicted molar refractivity (Wildman–Crippen MR) is 110 cm³/mol. The molecule has 0 unspecified atom stereocenters. The molecule has 2 heterocycles. The van der Waals surface area contributed by atoms with Gasteiger partial charge in [-0.25, -0.2) is 0 Å². The number of aliphatic carboxylic acids is 1. The van der Waals surface area contributed by atoms with E-state index in [0.717, 1.165) is 29.1 Å². The summed E-state index contributed by atoms with van der Waals surface area (Å²) in [6, 6.07) is 10.1. The van der Waals surface area contributed by atoms with Crippen molar-refractivity contribution < 1.29 is 41.0 Å². The number of ether oxygens (including phenoxy) is 1. The lowest BCUT2D eigenvalue weighted by Crippen LogP contribution is -2.14. The molecule has 4 aromatic rings. The second kappa shape index (κ2) is 8.96. The molecule has 0 aliphatic heterocycles. The van der Waals surface area contributed by atoms with Gasteiger partial charge in [-0.2, -0.15) is 36.2 Å². The van der Waals surface area contributed by atoms with E-state index >= 15 is 0 Å². The van der Waals surface area contributed by atoms with Crippen molar-refractivity contribution >= 4 is 16.9 Å². The Morgan fingerprint density at radius 1 is 0.943 bits per heavy atom. The molecular weight excluding hydrogens is 482 g/mol. The summed E-state index contributed by atoms with van der Waals surface area (Å²) < 4.78 is 84.7. The number of alkyl halides is 6. The monoisotopic (exact) mass is 498 g/mol. The number of rotatable bonds is 7. The molecule has 2 aromatic heterocycles. The van der Waals surface area contributed by atoms with Crippen molar-refractivity contribution in [2.24, 2.45) is 0 Å². The first kappa shape index (κ1) is 24.1. The number of carboxylic acid groups (broad SMARTS) is 1. The molecule has 0 spiro atoms. The minimum atomic E-state index is -4.60. The molecule has 35 heavy (non-hydrogen) atoms. The average molecular weight is 498 g/mol. The third-order valence-corrected chi connectivity index (χ3v) is 4.98. The Hall–Kier alpha value is -4.03. The van der Waals surface area contributed by atoms with Gasteiger partial charge >= 0.3 is 18.3 Å². The van der Waals surface area contributed by atoms with Crippen LogP contribution in [0, 0.1) is 0 Å². The molecule has 0 saturated carbocycles. The van der Waals surface area contributed by atoms with Crippen LogP contribution in [-0.2, 0) is 30.5 Å². The summed E-state index contributed by atoms with van der Waals surface area (Å²) in [5, 5.41) is 17.4. The van der Waals surface area contributed by atoms with Crippen molar-refractivity contribution in [3.05, 3.63) is 71.7 Å². The SMILES string of the molecule is O=C(O)Cn1ccc2cc(OCc3nn(-c4ccc(C(F)(F)F)cc4)nc3CC(F)(F)F)ccc21. The topological polar surface area (TPSA) is 82.2 Å². The summed E-state index contributed by atoms with van der Waals surface area (Å²) in [5.74, 6) is -0.719. The standard InChI is InChI=1S/C22H16F6N4O3/c23-21(24,25)10-17-18(30-32(29-17)15-3-1-14(2-4-15)22(26,27)28)12-35-16-5-6-19-13(9-16)7-8-31(19)11-20(33)34/h1-9H,10-12H2,(H,33,34). The number of hydrogen-bond acceptors (Lipinski definition) is 4. The smallest absolute Gasteiger partial charge is 0.416 e. The summed E-state index contributed by atoms with van der Waals surface area (Å²) in [7, 11) is 0. The van der Waals surface area contributed by atoms with Gasteiger partial charge in [-0.05, 0) is 48.5 Å². The third kappa shape index (κ3) is 5.73. The van der Waals surface area contributed by atoms with Crippen molar-refractivity contribution in [1.82, 2.24) is 19.6 Å². The lowest BCUT2D eigenvalue weighted by Gasteiger charge is -2.08. The molecule has 13 heteroatoms. The van der Waals surface area contributed by atoms with Crippen molar-refractivity contribution in [3.8, 4) is 11.4 Å². The van der Waals surface area contributed by atoms with Gasteiger partial charge in [0.2, 0.25) is 0 Å². The molecular formula is C22H16F6N4O3. The van der Waals surface area contributed by atoms with Gasteiger partial charge in [0.25, 0.3) is 0 Å². The van der Waals surface area contributed by atoms with Gasteiger partial charge in [0, 0.05) is 17.1 Å². The number of nitrogens with zero attached hydrogens (tertiary/aromatic N) is 4. The van der Waals surface area contributed by atoms with Crippen molar-refractivity contribution in [1.29, 1.82) is 0 Å². The highest BCUT2D eigenvalue weighted by molar-refractivity contribution is 5.83. The van der Waals surface area contributed by atoms with Crippen LogP contribution in [0.2, 0.25) is 0 Å².